The Hall–Kier alpha value is -8.19. The molecular weight excluding hydrogens is 1180 g/mol. The van der Waals surface area contributed by atoms with Crippen molar-refractivity contribution >= 4 is 31.5 Å². The van der Waals surface area contributed by atoms with Crippen LogP contribution in [0, 0.1) is 0 Å². The summed E-state index contributed by atoms with van der Waals surface area (Å²) in [6.07, 6.45) is -7.78. The molecule has 1 amide bonds. The molecule has 28 nitrogen and oxygen atoms in total. The summed E-state index contributed by atoms with van der Waals surface area (Å²) in [6, 6.07) is 35.2. The van der Waals surface area contributed by atoms with E-state index in [0.717, 1.165) is 15.2 Å². The first-order valence-corrected chi connectivity index (χ1v) is 29.2. The summed E-state index contributed by atoms with van der Waals surface area (Å²) in [7, 11) is 4.61. The Kier molecular flexibility index (Phi) is 18.4. The molecule has 466 valence electrons. The average Bonchev–Trinajstić information content (AvgIpc) is 2.12. The predicted molar refractivity (Wildman–Crippen MR) is 313 cm³/mol. The second kappa shape index (κ2) is 26.9. The largest absolute Gasteiger partial charge is 0.497 e. The van der Waals surface area contributed by atoms with Crippen molar-refractivity contribution in [1.29, 1.82) is 0 Å². The lowest BCUT2D eigenvalue weighted by atomic mass is 9.79. The van der Waals surface area contributed by atoms with Crippen LogP contribution in [0.5, 0.6) is 11.5 Å². The highest BCUT2D eigenvalue weighted by Gasteiger charge is 2.57. The van der Waals surface area contributed by atoms with Gasteiger partial charge in [-0.25, -0.2) is 24.5 Å². The Bertz CT molecular complexity index is 3920. The zero-order valence-electron chi connectivity index (χ0n) is 48.5. The fourth-order valence-corrected chi connectivity index (χ4v) is 12.9. The van der Waals surface area contributed by atoms with Crippen molar-refractivity contribution in [3.05, 3.63) is 210 Å². The Morgan fingerprint density at radius 3 is 1.73 bits per heavy atom. The number of hydrogen-bond donors (Lipinski definition) is 3. The van der Waals surface area contributed by atoms with Crippen LogP contribution in [0.3, 0.4) is 0 Å². The molecule has 0 radical (unpaired) electrons. The van der Waals surface area contributed by atoms with E-state index in [1.807, 2.05) is 78.9 Å². The molecule has 8 aromatic rings. The number of amides is 1. The summed E-state index contributed by atoms with van der Waals surface area (Å²) in [4.78, 5) is 84.1. The van der Waals surface area contributed by atoms with E-state index >= 15 is 0 Å². The van der Waals surface area contributed by atoms with Crippen LogP contribution in [0.4, 0.5) is 5.82 Å². The lowest BCUT2D eigenvalue weighted by Gasteiger charge is -2.40. The average molecular weight is 1240 g/mol. The second-order valence-corrected chi connectivity index (χ2v) is 22.0. The maximum Gasteiger partial charge on any atom is 0.333 e. The van der Waals surface area contributed by atoms with Gasteiger partial charge in [0.1, 0.15) is 85.2 Å². The van der Waals surface area contributed by atoms with Gasteiger partial charge in [0.15, 0.2) is 35.7 Å². The number of aromatic amines is 2. The number of H-pyrrole nitrogens is 2. The molecule has 4 aliphatic heterocycles. The van der Waals surface area contributed by atoms with Crippen molar-refractivity contribution in [2.75, 3.05) is 67.5 Å². The molecule has 13 atom stereocenters. The van der Waals surface area contributed by atoms with Crippen LogP contribution in [-0.2, 0) is 61.8 Å². The zero-order valence-corrected chi connectivity index (χ0v) is 49.4. The number of ether oxygens (including phenoxy) is 11. The summed E-state index contributed by atoms with van der Waals surface area (Å²) in [5.74, 6) is 0.892. The lowest BCUT2D eigenvalue weighted by Crippen LogP contribution is -2.46. The van der Waals surface area contributed by atoms with Gasteiger partial charge in [-0.2, -0.15) is 0 Å². The molecule has 0 spiro atoms. The zero-order chi connectivity index (χ0) is 61.8. The highest BCUT2D eigenvalue weighted by molar-refractivity contribution is 7.41. The van der Waals surface area contributed by atoms with Gasteiger partial charge < -0.3 is 71.0 Å². The number of nitrogens with zero attached hydrogens (tertiary/aromatic N) is 6. The SMILES string of the molecule is COC[C@H]1O[C@@H](n2ccc(=O)[nH]c2=O)[C@H](OC)[C@@H]1OP(OC[C@H]1O[C@@H](n2cnc3c(NC(=O)c4ccccc4)ncnc32)[C@@H]2OCO[C@@H]21)O[C@@H]1[C@H](OC(c2ccccc2)(c2ccc(OC)cc2)c2ccc(OC)cc2)[C@@H](COC)O[C@H]1n1ccc(=O)[nH]c1=O. The number of fused-ring (bicyclic) bond motifs is 2. The van der Waals surface area contributed by atoms with Crippen LogP contribution in [0.25, 0.3) is 11.2 Å². The minimum absolute atomic E-state index is 0.113. The van der Waals surface area contributed by atoms with E-state index < -0.39 is 116 Å². The minimum Gasteiger partial charge on any atom is -0.497 e. The van der Waals surface area contributed by atoms with Gasteiger partial charge in [-0.3, -0.25) is 38.1 Å². The van der Waals surface area contributed by atoms with E-state index in [2.05, 4.69) is 30.2 Å². The van der Waals surface area contributed by atoms with Gasteiger partial charge in [0.25, 0.3) is 17.0 Å². The Morgan fingerprint density at radius 1 is 0.596 bits per heavy atom. The third kappa shape index (κ3) is 12.2. The summed E-state index contributed by atoms with van der Waals surface area (Å²) in [6.45, 7) is -0.690. The molecule has 1 unspecified atom stereocenters. The number of methoxy groups -OCH3 is 5. The maximum atomic E-state index is 14.2. The third-order valence-electron chi connectivity index (χ3n) is 15.7. The van der Waals surface area contributed by atoms with Crippen molar-refractivity contribution in [3.63, 3.8) is 0 Å². The van der Waals surface area contributed by atoms with Crippen LogP contribution in [0.1, 0.15) is 45.7 Å². The molecule has 4 aliphatic rings. The van der Waals surface area contributed by atoms with Gasteiger partial charge in [0, 0.05) is 51.4 Å². The molecule has 8 heterocycles. The van der Waals surface area contributed by atoms with Crippen LogP contribution in [-0.4, -0.2) is 162 Å². The molecule has 0 bridgehead atoms. The predicted octanol–water partition coefficient (Wildman–Crippen LogP) is 4.33. The van der Waals surface area contributed by atoms with Crippen molar-refractivity contribution in [2.45, 2.75) is 79.2 Å². The van der Waals surface area contributed by atoms with Gasteiger partial charge in [-0.05, 0) is 53.1 Å². The number of imidazole rings is 1. The standard InChI is InChI=1S/C60H62N9O19P/c1-75-28-40-47(86-60(35-14-10-7-11-15-35,36-16-20-38(77-3)21-17-36)37-18-22-39(78-4)23-19-37)51(57(83-40)68-27-25-44(71)65-59(68)74)88-89(87-48-41(29-76-2)84-55(49(48)79-5)67-26-24-43(70)64-58(67)73)82-30-42-46-50(81-33-80-46)56(85-42)69-32-63-45-52(61-31-62-53(45)69)66-54(72)34-12-8-6-9-13-34/h6-27,31-32,40-42,46-51,55-57H,28-30,33H2,1-5H3,(H,64,70,73)(H,65,71,74)(H,61,62,66,72)/t40-,41-,42-,46-,47-,48-,49-,50-,51-,55-,56-,57-,89?/m1/s1. The van der Waals surface area contributed by atoms with Gasteiger partial charge in [-0.15, -0.1) is 0 Å². The van der Waals surface area contributed by atoms with Gasteiger partial charge in [0.2, 0.25) is 0 Å². The topological polar surface area (TPSA) is 312 Å². The van der Waals surface area contributed by atoms with Crippen LogP contribution < -0.4 is 37.3 Å². The van der Waals surface area contributed by atoms with E-state index in [4.69, 9.17) is 65.7 Å². The Morgan fingerprint density at radius 2 is 1.15 bits per heavy atom. The molecule has 29 heteroatoms. The van der Waals surface area contributed by atoms with Crippen molar-refractivity contribution in [1.82, 2.24) is 38.6 Å². The summed E-state index contributed by atoms with van der Waals surface area (Å²) in [5, 5.41) is 2.83. The van der Waals surface area contributed by atoms with Gasteiger partial charge in [0.05, 0.1) is 40.4 Å². The number of carbonyl (C=O) groups is 1. The fraction of sp³-hybridized carbons (Fsp3) is 0.367. The molecule has 89 heavy (non-hydrogen) atoms. The first-order valence-electron chi connectivity index (χ1n) is 28.1. The number of benzene rings is 4. The van der Waals surface area contributed by atoms with E-state index in [1.165, 1.54) is 52.4 Å². The first-order chi connectivity index (χ1) is 43.4. The van der Waals surface area contributed by atoms with E-state index in [9.17, 15) is 24.0 Å². The van der Waals surface area contributed by atoms with E-state index in [0.29, 0.717) is 39.4 Å². The molecule has 4 fully saturated rings. The minimum atomic E-state index is -2.85. The molecule has 0 aliphatic carbocycles. The number of rotatable bonds is 24. The highest BCUT2D eigenvalue weighted by Crippen LogP contribution is 2.54. The quantitative estimate of drug-likeness (QED) is 0.0560. The van der Waals surface area contributed by atoms with Crippen molar-refractivity contribution < 1.29 is 70.5 Å². The van der Waals surface area contributed by atoms with E-state index in [-0.39, 0.29) is 37.9 Å². The molecule has 4 aromatic heterocycles. The van der Waals surface area contributed by atoms with Crippen LogP contribution in [0.15, 0.2) is 166 Å². The normalized spacial score (nSPS) is 25.3. The molecular formula is C60H62N9O19P. The number of hydrogen-bond acceptors (Lipinski definition) is 22. The monoisotopic (exact) mass is 1240 g/mol. The maximum absolute atomic E-state index is 14.2. The molecule has 4 saturated heterocycles. The smallest absolute Gasteiger partial charge is 0.333 e. The number of nitrogens with one attached hydrogen (secondary N) is 3. The molecule has 4 aromatic carbocycles. The first kappa shape index (κ1) is 61.1. The number of carbonyl (C=O) groups excluding carboxylic acids is 1. The fourth-order valence-electron chi connectivity index (χ4n) is 11.5. The van der Waals surface area contributed by atoms with E-state index in [1.54, 1.807) is 49.1 Å². The van der Waals surface area contributed by atoms with Crippen LogP contribution in [0.2, 0.25) is 0 Å². The number of anilines is 1. The lowest BCUT2D eigenvalue weighted by molar-refractivity contribution is -0.118. The van der Waals surface area contributed by atoms with Crippen molar-refractivity contribution in [2.24, 2.45) is 0 Å². The third-order valence-corrected chi connectivity index (χ3v) is 16.9. The summed E-state index contributed by atoms with van der Waals surface area (Å²) < 4.78 is 94.6. The van der Waals surface area contributed by atoms with Gasteiger partial charge >= 0.3 is 20.0 Å². The molecule has 0 saturated carbocycles. The van der Waals surface area contributed by atoms with Gasteiger partial charge in [-0.1, -0.05) is 72.8 Å². The molecule has 12 rings (SSSR count). The molecule has 3 N–H and O–H groups in total. The summed E-state index contributed by atoms with van der Waals surface area (Å²) in [5.41, 5.74) is -1.59. The second-order valence-electron chi connectivity index (χ2n) is 20.8. The highest BCUT2D eigenvalue weighted by atomic mass is 31.2. The number of aromatic nitrogens is 8. The van der Waals surface area contributed by atoms with Crippen molar-refractivity contribution in [3.8, 4) is 11.5 Å². The Labute approximate surface area is 507 Å². The Balaban J connectivity index is 0.957. The van der Waals surface area contributed by atoms with Crippen LogP contribution >= 0.6 is 8.60 Å². The summed E-state index contributed by atoms with van der Waals surface area (Å²) >= 11 is 0.